The van der Waals surface area contributed by atoms with Crippen LogP contribution in [0.5, 0.6) is 0 Å². The monoisotopic (exact) mass is 344 g/mol. The van der Waals surface area contributed by atoms with Gasteiger partial charge in [-0.1, -0.05) is 25.1 Å². The first kappa shape index (κ1) is 17.1. The Morgan fingerprint density at radius 3 is 2.52 bits per heavy atom. The molecule has 0 atom stereocenters. The third-order valence-electron chi connectivity index (χ3n) is 4.36. The Kier molecular flexibility index (Phi) is 4.79. The average molecular weight is 344 g/mol. The van der Waals surface area contributed by atoms with Crippen LogP contribution in [0.4, 0.5) is 14.5 Å². The summed E-state index contributed by atoms with van der Waals surface area (Å²) < 4.78 is 26.2. The van der Waals surface area contributed by atoms with Gasteiger partial charge in [0, 0.05) is 24.3 Å². The van der Waals surface area contributed by atoms with Crippen LogP contribution >= 0.6 is 0 Å². The van der Waals surface area contributed by atoms with E-state index in [0.29, 0.717) is 0 Å². The van der Waals surface area contributed by atoms with E-state index in [4.69, 9.17) is 0 Å². The zero-order chi connectivity index (χ0) is 18.0. The van der Waals surface area contributed by atoms with Crippen LogP contribution in [0.2, 0.25) is 0 Å². The standard InChI is InChI=1S/C19H18F2N2O2/c1-2-12-5-3-4-6-17(12)22-18(24)14-10-23(11-14)19(25)13-7-8-15(20)16(21)9-13/h3-9,14H,2,10-11H2,1H3,(H,22,24). The summed E-state index contributed by atoms with van der Waals surface area (Å²) in [4.78, 5) is 26.0. The van der Waals surface area contributed by atoms with Gasteiger partial charge in [-0.3, -0.25) is 9.59 Å². The summed E-state index contributed by atoms with van der Waals surface area (Å²) in [7, 11) is 0. The predicted molar refractivity (Wildman–Crippen MR) is 90.2 cm³/mol. The van der Waals surface area contributed by atoms with Crippen molar-refractivity contribution in [2.75, 3.05) is 18.4 Å². The second kappa shape index (κ2) is 7.01. The van der Waals surface area contributed by atoms with Crippen molar-refractivity contribution >= 4 is 17.5 Å². The molecular formula is C19H18F2N2O2. The fourth-order valence-corrected chi connectivity index (χ4v) is 2.81. The Bertz CT molecular complexity index is 817. The van der Waals surface area contributed by atoms with Crippen LogP contribution in [0, 0.1) is 17.6 Å². The highest BCUT2D eigenvalue weighted by atomic mass is 19.2. The van der Waals surface area contributed by atoms with E-state index in [1.165, 1.54) is 11.0 Å². The number of hydrogen-bond acceptors (Lipinski definition) is 2. The fraction of sp³-hybridized carbons (Fsp3) is 0.263. The van der Waals surface area contributed by atoms with Gasteiger partial charge in [0.15, 0.2) is 11.6 Å². The predicted octanol–water partition coefficient (Wildman–Crippen LogP) is 3.24. The third-order valence-corrected chi connectivity index (χ3v) is 4.36. The van der Waals surface area contributed by atoms with Crippen LogP contribution in [-0.4, -0.2) is 29.8 Å². The highest BCUT2D eigenvalue weighted by molar-refractivity contribution is 5.98. The van der Waals surface area contributed by atoms with Gasteiger partial charge in [0.2, 0.25) is 5.91 Å². The summed E-state index contributed by atoms with van der Waals surface area (Å²) in [6.45, 7) is 2.53. The van der Waals surface area contributed by atoms with E-state index in [9.17, 15) is 18.4 Å². The lowest BCUT2D eigenvalue weighted by Crippen LogP contribution is -2.54. The Hall–Kier alpha value is -2.76. The molecule has 2 amide bonds. The number of para-hydroxylation sites is 1. The topological polar surface area (TPSA) is 49.4 Å². The zero-order valence-electron chi connectivity index (χ0n) is 13.8. The SMILES string of the molecule is CCc1ccccc1NC(=O)C1CN(C(=O)c2ccc(F)c(F)c2)C1. The van der Waals surface area contributed by atoms with Crippen molar-refractivity contribution in [3.63, 3.8) is 0 Å². The van der Waals surface area contributed by atoms with E-state index in [-0.39, 0.29) is 30.5 Å². The van der Waals surface area contributed by atoms with Gasteiger partial charge in [-0.15, -0.1) is 0 Å². The molecular weight excluding hydrogens is 326 g/mol. The molecule has 3 rings (SSSR count). The minimum absolute atomic E-state index is 0.0779. The number of nitrogens with zero attached hydrogens (tertiary/aromatic N) is 1. The smallest absolute Gasteiger partial charge is 0.254 e. The summed E-state index contributed by atoms with van der Waals surface area (Å²) in [6.07, 6.45) is 0.807. The van der Waals surface area contributed by atoms with E-state index in [0.717, 1.165) is 29.8 Å². The molecule has 1 saturated heterocycles. The van der Waals surface area contributed by atoms with Crippen molar-refractivity contribution in [2.24, 2.45) is 5.92 Å². The van der Waals surface area contributed by atoms with Crippen molar-refractivity contribution in [3.05, 3.63) is 65.2 Å². The highest BCUT2D eigenvalue weighted by Gasteiger charge is 2.36. The van der Waals surface area contributed by atoms with E-state index >= 15 is 0 Å². The van der Waals surface area contributed by atoms with Crippen molar-refractivity contribution in [1.82, 2.24) is 4.90 Å². The minimum Gasteiger partial charge on any atom is -0.337 e. The first-order valence-electron chi connectivity index (χ1n) is 8.12. The van der Waals surface area contributed by atoms with Crippen LogP contribution in [0.25, 0.3) is 0 Å². The number of aryl methyl sites for hydroxylation is 1. The number of likely N-dealkylation sites (tertiary alicyclic amines) is 1. The van der Waals surface area contributed by atoms with E-state index in [1.807, 2.05) is 31.2 Å². The number of rotatable bonds is 4. The Morgan fingerprint density at radius 2 is 1.84 bits per heavy atom. The van der Waals surface area contributed by atoms with Gasteiger partial charge in [0.05, 0.1) is 5.92 Å². The number of benzene rings is 2. The third kappa shape index (κ3) is 3.52. The molecule has 25 heavy (non-hydrogen) atoms. The van der Waals surface area contributed by atoms with Crippen LogP contribution in [0.15, 0.2) is 42.5 Å². The van der Waals surface area contributed by atoms with E-state index < -0.39 is 17.5 Å². The quantitative estimate of drug-likeness (QED) is 0.926. The van der Waals surface area contributed by atoms with Crippen LogP contribution in [0.3, 0.4) is 0 Å². The summed E-state index contributed by atoms with van der Waals surface area (Å²) in [5.74, 6) is -2.91. The lowest BCUT2D eigenvalue weighted by atomic mass is 9.97. The summed E-state index contributed by atoms with van der Waals surface area (Å²) in [5.41, 5.74) is 1.90. The molecule has 0 spiro atoms. The van der Waals surface area contributed by atoms with E-state index in [2.05, 4.69) is 5.32 Å². The Labute approximate surface area is 144 Å². The number of carbonyl (C=O) groups excluding carboxylic acids is 2. The summed E-state index contributed by atoms with van der Waals surface area (Å²) in [5, 5.41) is 2.89. The van der Waals surface area contributed by atoms with Crippen molar-refractivity contribution in [3.8, 4) is 0 Å². The molecule has 0 radical (unpaired) electrons. The molecule has 4 nitrogen and oxygen atoms in total. The first-order chi connectivity index (χ1) is 12.0. The van der Waals surface area contributed by atoms with Crippen molar-refractivity contribution < 1.29 is 18.4 Å². The van der Waals surface area contributed by atoms with E-state index in [1.54, 1.807) is 0 Å². The number of hydrogen-bond donors (Lipinski definition) is 1. The number of nitrogens with one attached hydrogen (secondary N) is 1. The number of carbonyl (C=O) groups is 2. The molecule has 1 heterocycles. The maximum Gasteiger partial charge on any atom is 0.254 e. The molecule has 1 aliphatic rings. The largest absolute Gasteiger partial charge is 0.337 e. The maximum atomic E-state index is 13.2. The second-order valence-electron chi connectivity index (χ2n) is 6.04. The molecule has 2 aromatic carbocycles. The molecule has 6 heteroatoms. The number of halogens is 2. The normalized spacial score (nSPS) is 14.1. The molecule has 0 unspecified atom stereocenters. The van der Waals surface area contributed by atoms with Gasteiger partial charge < -0.3 is 10.2 Å². The molecule has 0 bridgehead atoms. The average Bonchev–Trinajstić information content (AvgIpc) is 2.56. The molecule has 1 N–H and O–H groups in total. The van der Waals surface area contributed by atoms with Gasteiger partial charge in [-0.25, -0.2) is 8.78 Å². The number of anilines is 1. The van der Waals surface area contributed by atoms with Gasteiger partial charge >= 0.3 is 0 Å². The molecule has 1 aliphatic heterocycles. The van der Waals surface area contributed by atoms with Gasteiger partial charge in [0.1, 0.15) is 0 Å². The summed E-state index contributed by atoms with van der Waals surface area (Å²) >= 11 is 0. The van der Waals surface area contributed by atoms with Gasteiger partial charge in [-0.05, 0) is 36.2 Å². The molecule has 0 aliphatic carbocycles. The lowest BCUT2D eigenvalue weighted by molar-refractivity contribution is -0.123. The van der Waals surface area contributed by atoms with Crippen LogP contribution < -0.4 is 5.32 Å². The van der Waals surface area contributed by atoms with Crippen molar-refractivity contribution in [1.29, 1.82) is 0 Å². The number of amides is 2. The van der Waals surface area contributed by atoms with Crippen LogP contribution in [-0.2, 0) is 11.2 Å². The van der Waals surface area contributed by atoms with Gasteiger partial charge in [-0.2, -0.15) is 0 Å². The van der Waals surface area contributed by atoms with Crippen molar-refractivity contribution in [2.45, 2.75) is 13.3 Å². The van der Waals surface area contributed by atoms with Gasteiger partial charge in [0.25, 0.3) is 5.91 Å². The zero-order valence-corrected chi connectivity index (χ0v) is 13.8. The minimum atomic E-state index is -1.06. The lowest BCUT2D eigenvalue weighted by Gasteiger charge is -2.38. The molecule has 2 aromatic rings. The Morgan fingerprint density at radius 1 is 1.12 bits per heavy atom. The first-order valence-corrected chi connectivity index (χ1v) is 8.12. The Balaban J connectivity index is 1.59. The second-order valence-corrected chi connectivity index (χ2v) is 6.04. The summed E-state index contributed by atoms with van der Waals surface area (Å²) in [6, 6.07) is 10.6. The van der Waals surface area contributed by atoms with Crippen LogP contribution in [0.1, 0.15) is 22.8 Å². The molecule has 0 saturated carbocycles. The highest BCUT2D eigenvalue weighted by Crippen LogP contribution is 2.23. The maximum absolute atomic E-state index is 13.2. The molecule has 130 valence electrons. The molecule has 0 aromatic heterocycles. The fourth-order valence-electron chi connectivity index (χ4n) is 2.81. The molecule has 1 fully saturated rings.